The molecule has 0 radical (unpaired) electrons. The molecule has 0 aromatic heterocycles. The van der Waals surface area contributed by atoms with Gasteiger partial charge in [-0.15, -0.1) is 23.2 Å². The second-order valence-corrected chi connectivity index (χ2v) is 14.6. The number of unbranched alkanes of at least 4 members (excludes halogenated alkanes) is 1. The van der Waals surface area contributed by atoms with E-state index in [9.17, 15) is 29.1 Å². The summed E-state index contributed by atoms with van der Waals surface area (Å²) in [6.45, 7) is 1.02. The van der Waals surface area contributed by atoms with Crippen LogP contribution in [-0.4, -0.2) is 70.9 Å². The molecule has 3 atom stereocenters. The van der Waals surface area contributed by atoms with Gasteiger partial charge in [0.25, 0.3) is 11.8 Å². The Morgan fingerprint density at radius 1 is 0.736 bits per heavy atom. The monoisotopic (exact) mass is 754 g/mol. The van der Waals surface area contributed by atoms with Crippen molar-refractivity contribution in [1.82, 2.24) is 4.90 Å². The Labute approximate surface area is 317 Å². The van der Waals surface area contributed by atoms with E-state index in [4.69, 9.17) is 28.9 Å². The average Bonchev–Trinajstić information content (AvgIpc) is 3.83. The molecule has 3 aliphatic rings. The predicted octanol–water partition coefficient (Wildman–Crippen LogP) is 6.57. The first-order chi connectivity index (χ1) is 25.6. The topological polar surface area (TPSA) is 141 Å². The lowest BCUT2D eigenvalue weighted by atomic mass is 9.85. The van der Waals surface area contributed by atoms with Gasteiger partial charge in [-0.1, -0.05) is 55.0 Å². The number of phenolic OH excluding ortho intramolecular Hbond substituents is 1. The molecule has 274 valence electrons. The smallest absolute Gasteiger partial charge is 0.253 e. The molecule has 4 aromatic rings. The maximum Gasteiger partial charge on any atom is 0.253 e. The number of primary amides is 1. The van der Waals surface area contributed by atoms with Gasteiger partial charge in [-0.3, -0.25) is 28.9 Å². The first-order valence-electron chi connectivity index (χ1n) is 18.0. The SMILES string of the molecule is NC(=O)C(CCCCN1C(=O)C=CC1=O)c1cc2c(c3ccccc13)[C@H](CCl)CN2C(=O)CCCC(=O)N1C[C@@H](CCl)c2c1cc(O)c1ccccc21. The van der Waals surface area contributed by atoms with Crippen LogP contribution < -0.4 is 15.5 Å². The molecule has 12 heteroatoms. The quantitative estimate of drug-likeness (QED) is 0.0899. The van der Waals surface area contributed by atoms with Crippen molar-refractivity contribution in [2.24, 2.45) is 5.73 Å². The third-order valence-electron chi connectivity index (χ3n) is 10.8. The summed E-state index contributed by atoms with van der Waals surface area (Å²) in [6, 6.07) is 18.8. The second kappa shape index (κ2) is 15.2. The summed E-state index contributed by atoms with van der Waals surface area (Å²) in [5, 5.41) is 14.1. The number of nitrogens with zero attached hydrogens (tertiary/aromatic N) is 3. The fourth-order valence-electron chi connectivity index (χ4n) is 8.29. The lowest BCUT2D eigenvalue weighted by Gasteiger charge is -2.23. The van der Waals surface area contributed by atoms with Crippen LogP contribution in [0.15, 0.2) is 72.8 Å². The Bertz CT molecular complexity index is 2170. The van der Waals surface area contributed by atoms with Crippen molar-refractivity contribution in [2.45, 2.75) is 56.3 Å². The van der Waals surface area contributed by atoms with Gasteiger partial charge in [0, 0.05) is 85.4 Å². The number of rotatable bonds is 13. The van der Waals surface area contributed by atoms with Crippen LogP contribution in [0.4, 0.5) is 11.4 Å². The molecular weight excluding hydrogens is 715 g/mol. The van der Waals surface area contributed by atoms with Crippen LogP contribution in [0.5, 0.6) is 5.75 Å². The second-order valence-electron chi connectivity index (χ2n) is 14.0. The molecule has 7 rings (SSSR count). The molecule has 0 spiro atoms. The van der Waals surface area contributed by atoms with E-state index in [1.54, 1.807) is 15.9 Å². The van der Waals surface area contributed by atoms with Crippen LogP contribution in [0.2, 0.25) is 0 Å². The Morgan fingerprint density at radius 2 is 1.25 bits per heavy atom. The number of hydrogen-bond acceptors (Lipinski definition) is 6. The molecule has 10 nitrogen and oxygen atoms in total. The third kappa shape index (κ3) is 6.74. The van der Waals surface area contributed by atoms with Crippen molar-refractivity contribution < 1.29 is 29.1 Å². The summed E-state index contributed by atoms with van der Waals surface area (Å²) < 4.78 is 0. The van der Waals surface area contributed by atoms with E-state index >= 15 is 0 Å². The summed E-state index contributed by atoms with van der Waals surface area (Å²) in [5.74, 6) is -1.66. The van der Waals surface area contributed by atoms with Gasteiger partial charge in [0.1, 0.15) is 5.75 Å². The molecule has 3 aliphatic heterocycles. The molecule has 53 heavy (non-hydrogen) atoms. The molecule has 1 unspecified atom stereocenters. The zero-order valence-corrected chi connectivity index (χ0v) is 30.6. The highest BCUT2D eigenvalue weighted by molar-refractivity contribution is 6.19. The summed E-state index contributed by atoms with van der Waals surface area (Å²) >= 11 is 12.9. The van der Waals surface area contributed by atoms with Crippen molar-refractivity contribution in [1.29, 1.82) is 0 Å². The molecule has 4 aromatic carbocycles. The third-order valence-corrected chi connectivity index (χ3v) is 11.6. The van der Waals surface area contributed by atoms with E-state index in [-0.39, 0.29) is 66.5 Å². The average molecular weight is 756 g/mol. The Hall–Kier alpha value is -4.93. The highest BCUT2D eigenvalue weighted by Crippen LogP contribution is 2.47. The van der Waals surface area contributed by atoms with Crippen LogP contribution in [0.3, 0.4) is 0 Å². The van der Waals surface area contributed by atoms with E-state index in [0.717, 1.165) is 27.3 Å². The summed E-state index contributed by atoms with van der Waals surface area (Å²) in [7, 11) is 0. The fourth-order valence-corrected chi connectivity index (χ4v) is 8.80. The molecule has 0 saturated carbocycles. The molecule has 3 N–H and O–H groups in total. The minimum absolute atomic E-state index is 0.0830. The minimum Gasteiger partial charge on any atom is -0.507 e. The number of anilines is 2. The van der Waals surface area contributed by atoms with E-state index < -0.39 is 11.8 Å². The number of halogens is 2. The number of amides is 5. The number of alkyl halides is 2. The zero-order valence-electron chi connectivity index (χ0n) is 29.1. The van der Waals surface area contributed by atoms with Gasteiger partial charge >= 0.3 is 0 Å². The van der Waals surface area contributed by atoms with E-state index in [2.05, 4.69) is 0 Å². The number of fused-ring (bicyclic) bond motifs is 6. The van der Waals surface area contributed by atoms with Crippen LogP contribution in [0, 0.1) is 0 Å². The Balaban J connectivity index is 1.08. The molecule has 0 fully saturated rings. The van der Waals surface area contributed by atoms with Crippen LogP contribution in [0.1, 0.15) is 73.0 Å². The zero-order chi connectivity index (χ0) is 37.4. The number of carbonyl (C=O) groups excluding carboxylic acids is 5. The lowest BCUT2D eigenvalue weighted by molar-refractivity contribution is -0.137. The number of phenols is 1. The van der Waals surface area contributed by atoms with Crippen molar-refractivity contribution in [3.05, 3.63) is 89.5 Å². The van der Waals surface area contributed by atoms with Gasteiger partial charge in [0.2, 0.25) is 17.7 Å². The van der Waals surface area contributed by atoms with Crippen LogP contribution in [-0.2, 0) is 24.0 Å². The van der Waals surface area contributed by atoms with Crippen molar-refractivity contribution >= 4 is 85.7 Å². The molecule has 0 bridgehead atoms. The van der Waals surface area contributed by atoms with Crippen LogP contribution in [0.25, 0.3) is 21.5 Å². The molecule has 3 heterocycles. The maximum atomic E-state index is 14.0. The number of hydrogen-bond donors (Lipinski definition) is 2. The maximum absolute atomic E-state index is 14.0. The first kappa shape index (κ1) is 36.4. The number of carbonyl (C=O) groups is 5. The Kier molecular flexibility index (Phi) is 10.4. The minimum atomic E-state index is -0.672. The van der Waals surface area contributed by atoms with E-state index in [1.165, 1.54) is 17.1 Å². The number of nitrogens with two attached hydrogens (primary N) is 1. The van der Waals surface area contributed by atoms with Gasteiger partial charge in [-0.05, 0) is 58.2 Å². The molecule has 5 amide bonds. The van der Waals surface area contributed by atoms with E-state index in [1.807, 2.05) is 54.6 Å². The van der Waals surface area contributed by atoms with Crippen molar-refractivity contribution in [3.8, 4) is 5.75 Å². The number of imide groups is 1. The van der Waals surface area contributed by atoms with Crippen molar-refractivity contribution in [2.75, 3.05) is 41.2 Å². The highest BCUT2D eigenvalue weighted by Gasteiger charge is 2.37. The van der Waals surface area contributed by atoms with Gasteiger partial charge < -0.3 is 20.6 Å². The number of benzene rings is 4. The summed E-state index contributed by atoms with van der Waals surface area (Å²) in [4.78, 5) is 69.1. The Morgan fingerprint density at radius 3 is 1.79 bits per heavy atom. The van der Waals surface area contributed by atoms with Gasteiger partial charge in [-0.2, -0.15) is 0 Å². The predicted molar refractivity (Wildman–Crippen MR) is 207 cm³/mol. The highest BCUT2D eigenvalue weighted by atomic mass is 35.5. The lowest BCUT2D eigenvalue weighted by Crippen LogP contribution is -2.32. The van der Waals surface area contributed by atoms with Crippen LogP contribution >= 0.6 is 23.2 Å². The summed E-state index contributed by atoms with van der Waals surface area (Å²) in [6.07, 6.45) is 4.51. The number of aromatic hydroxyl groups is 1. The first-order valence-corrected chi connectivity index (χ1v) is 19.0. The normalized spacial score (nSPS) is 18.3. The van der Waals surface area contributed by atoms with Gasteiger partial charge in [0.05, 0.1) is 11.6 Å². The molecular formula is C41H40Cl2N4O6. The van der Waals surface area contributed by atoms with Gasteiger partial charge in [-0.25, -0.2) is 0 Å². The molecule has 0 saturated heterocycles. The summed E-state index contributed by atoms with van der Waals surface area (Å²) in [5.41, 5.74) is 9.95. The fraction of sp³-hybridized carbons (Fsp3) is 0.341. The molecule has 0 aliphatic carbocycles. The van der Waals surface area contributed by atoms with E-state index in [0.29, 0.717) is 67.0 Å². The van der Waals surface area contributed by atoms with Crippen molar-refractivity contribution in [3.63, 3.8) is 0 Å². The van der Waals surface area contributed by atoms with Gasteiger partial charge in [0.15, 0.2) is 0 Å². The standard InChI is InChI=1S/C41H40Cl2N4O6/c42-20-24-22-46(35(49)13-7-14-36(50)47-23-25(21-43)40-29-11-4-2-9-27(29)34(48)19-33(40)47)32-18-31(26-8-1-3-10-28(26)39(24)32)30(41(44)53)12-5-6-17-45-37(51)15-16-38(45)52/h1-4,8-11,15-16,18-19,24-25,30,48H,5-7,12-14,17,20-23H2,(H2,44,53)/t24-,25-,30?/m1/s1. The largest absolute Gasteiger partial charge is 0.507 e.